The minimum atomic E-state index is -4.44. The smallest absolute Gasteiger partial charge is 0.342 e. The van der Waals surface area contributed by atoms with Crippen LogP contribution in [-0.4, -0.2) is 34.2 Å². The van der Waals surface area contributed by atoms with Crippen LogP contribution in [0, 0.1) is 19.8 Å². The van der Waals surface area contributed by atoms with E-state index in [4.69, 9.17) is 23.2 Å². The summed E-state index contributed by atoms with van der Waals surface area (Å²) in [7, 11) is 0. The summed E-state index contributed by atoms with van der Waals surface area (Å²) in [4.78, 5) is 26.6. The zero-order chi connectivity index (χ0) is 25.7. The lowest BCUT2D eigenvalue weighted by atomic mass is 9.93. The molecule has 0 N–H and O–H groups in total. The van der Waals surface area contributed by atoms with E-state index in [1.165, 1.54) is 0 Å². The lowest BCUT2D eigenvalue weighted by molar-refractivity contribution is -0.137. The Morgan fingerprint density at radius 1 is 1.06 bits per heavy atom. The Labute approximate surface area is 211 Å². The molecule has 1 aliphatic rings. The first-order chi connectivity index (χ1) is 16.4. The molecule has 0 spiro atoms. The molecule has 0 radical (unpaired) electrons. The van der Waals surface area contributed by atoms with Crippen LogP contribution in [0.5, 0.6) is 0 Å². The lowest BCUT2D eigenvalue weighted by Crippen LogP contribution is -2.40. The number of carbonyl (C=O) groups is 2. The first kappa shape index (κ1) is 25.6. The van der Waals surface area contributed by atoms with Gasteiger partial charge in [0.05, 0.1) is 28.2 Å². The zero-order valence-corrected chi connectivity index (χ0v) is 21.1. The highest BCUT2D eigenvalue weighted by atomic mass is 35.5. The van der Waals surface area contributed by atoms with Crippen LogP contribution in [-0.2, 0) is 17.5 Å². The normalized spacial score (nSPS) is 15.1. The molecule has 3 aromatic rings. The van der Waals surface area contributed by atoms with Crippen LogP contribution in [0.25, 0.3) is 10.9 Å². The second-order valence-electron chi connectivity index (χ2n) is 9.19. The maximum atomic E-state index is 13.3. The molecule has 0 saturated carbocycles. The van der Waals surface area contributed by atoms with Gasteiger partial charge in [-0.3, -0.25) is 9.59 Å². The largest absolute Gasteiger partial charge is 0.416 e. The van der Waals surface area contributed by atoms with Crippen molar-refractivity contribution in [2.75, 3.05) is 13.1 Å². The summed E-state index contributed by atoms with van der Waals surface area (Å²) in [5.41, 5.74) is 1.98. The quantitative estimate of drug-likeness (QED) is 0.366. The number of alkyl halides is 3. The molecule has 1 saturated heterocycles. The third-order valence-electron chi connectivity index (χ3n) is 6.79. The number of amides is 1. The summed E-state index contributed by atoms with van der Waals surface area (Å²) in [6.07, 6.45) is -1.43. The van der Waals surface area contributed by atoms with Crippen molar-refractivity contribution >= 4 is 45.8 Å². The third-order valence-corrected chi connectivity index (χ3v) is 7.58. The molecule has 186 valence electrons. The molecule has 1 amide bonds. The summed E-state index contributed by atoms with van der Waals surface area (Å²) in [5, 5.41) is 1.09. The number of Topliss-reactive ketones (excluding diaryl/α,β-unsaturated/α-hetero) is 1. The van der Waals surface area contributed by atoms with Crippen molar-refractivity contribution in [1.29, 1.82) is 0 Å². The maximum absolute atomic E-state index is 13.3. The third kappa shape index (κ3) is 4.94. The predicted molar refractivity (Wildman–Crippen MR) is 131 cm³/mol. The first-order valence-corrected chi connectivity index (χ1v) is 12.1. The molecule has 35 heavy (non-hydrogen) atoms. The van der Waals surface area contributed by atoms with Crippen LogP contribution in [0.15, 0.2) is 30.5 Å². The van der Waals surface area contributed by atoms with Crippen molar-refractivity contribution in [3.8, 4) is 0 Å². The number of hydrogen-bond acceptors (Lipinski definition) is 2. The average Bonchev–Trinajstić information content (AvgIpc) is 3.11. The van der Waals surface area contributed by atoms with Gasteiger partial charge in [-0.05, 0) is 69.0 Å². The lowest BCUT2D eigenvalue weighted by Gasteiger charge is -2.31. The monoisotopic (exact) mass is 524 g/mol. The number of fused-ring (bicyclic) bond motifs is 1. The van der Waals surface area contributed by atoms with Crippen LogP contribution in [0.2, 0.25) is 10.0 Å². The fraction of sp³-hybridized carbons (Fsp3) is 0.385. The van der Waals surface area contributed by atoms with Crippen molar-refractivity contribution in [2.45, 2.75) is 46.3 Å². The van der Waals surface area contributed by atoms with E-state index in [1.807, 2.05) is 4.57 Å². The zero-order valence-electron chi connectivity index (χ0n) is 19.6. The van der Waals surface area contributed by atoms with Crippen LogP contribution in [0.1, 0.15) is 52.4 Å². The van der Waals surface area contributed by atoms with Crippen molar-refractivity contribution in [3.63, 3.8) is 0 Å². The van der Waals surface area contributed by atoms with Crippen molar-refractivity contribution in [2.24, 2.45) is 5.92 Å². The maximum Gasteiger partial charge on any atom is 0.416 e. The van der Waals surface area contributed by atoms with E-state index in [0.29, 0.717) is 64.1 Å². The Kier molecular flexibility index (Phi) is 6.95. The van der Waals surface area contributed by atoms with E-state index in [9.17, 15) is 22.8 Å². The number of ketones is 1. The number of carbonyl (C=O) groups excluding carboxylic acids is 2. The van der Waals surface area contributed by atoms with Gasteiger partial charge >= 0.3 is 6.18 Å². The molecular formula is C26H25Cl2F3N2O2. The SMILES string of the molecule is CC(=O)C1CCN(C(=O)c2ccc(Cl)c(Cn3cc(C)c4cc(C(F)(F)F)cc(C)c43)c2Cl)CC1. The Hall–Kier alpha value is -2.51. The fourth-order valence-electron chi connectivity index (χ4n) is 4.86. The Morgan fingerprint density at radius 2 is 1.71 bits per heavy atom. The van der Waals surface area contributed by atoms with Gasteiger partial charge in [-0.25, -0.2) is 0 Å². The van der Waals surface area contributed by atoms with Gasteiger partial charge in [0.25, 0.3) is 5.91 Å². The van der Waals surface area contributed by atoms with Crippen molar-refractivity contribution in [3.05, 3.63) is 68.3 Å². The highest BCUT2D eigenvalue weighted by Gasteiger charge is 2.32. The molecule has 1 fully saturated rings. The summed E-state index contributed by atoms with van der Waals surface area (Å²) < 4.78 is 41.8. The van der Waals surface area contributed by atoms with E-state index in [1.54, 1.807) is 44.0 Å². The Bertz CT molecular complexity index is 1320. The number of rotatable bonds is 4. The standard InChI is InChI=1S/C26H25Cl2F3N2O2/c1-14-10-18(26(29,30)31)11-20-15(2)12-33(24(14)20)13-21-22(27)5-4-19(23(21)28)25(35)32-8-6-17(7-9-32)16(3)34/h4-5,10-12,17H,6-9,13H2,1-3H3. The molecule has 1 aromatic heterocycles. The number of hydrogen-bond donors (Lipinski definition) is 0. The number of likely N-dealkylation sites (tertiary alicyclic amines) is 1. The second-order valence-corrected chi connectivity index (χ2v) is 9.98. The molecule has 2 heterocycles. The van der Waals surface area contributed by atoms with Crippen LogP contribution >= 0.6 is 23.2 Å². The van der Waals surface area contributed by atoms with Gasteiger partial charge in [0.1, 0.15) is 5.78 Å². The number of benzene rings is 2. The van der Waals surface area contributed by atoms with E-state index in [0.717, 1.165) is 12.1 Å². The van der Waals surface area contributed by atoms with Crippen molar-refractivity contribution in [1.82, 2.24) is 9.47 Å². The summed E-state index contributed by atoms with van der Waals surface area (Å²) >= 11 is 13.2. The molecule has 0 aliphatic carbocycles. The predicted octanol–water partition coefficient (Wildman–Crippen LogP) is 7.07. The Balaban J connectivity index is 1.68. The van der Waals surface area contributed by atoms with Gasteiger partial charge in [0, 0.05) is 41.2 Å². The van der Waals surface area contributed by atoms with E-state index in [-0.39, 0.29) is 29.2 Å². The van der Waals surface area contributed by atoms with Gasteiger partial charge in [-0.15, -0.1) is 0 Å². The highest BCUT2D eigenvalue weighted by molar-refractivity contribution is 6.38. The first-order valence-electron chi connectivity index (χ1n) is 11.3. The highest BCUT2D eigenvalue weighted by Crippen LogP contribution is 2.37. The number of halogens is 5. The molecule has 0 unspecified atom stereocenters. The van der Waals surface area contributed by atoms with Crippen LogP contribution in [0.4, 0.5) is 13.2 Å². The molecule has 4 rings (SSSR count). The Morgan fingerprint density at radius 3 is 2.31 bits per heavy atom. The summed E-state index contributed by atoms with van der Waals surface area (Å²) in [5.74, 6) is -0.119. The van der Waals surface area contributed by atoms with Gasteiger partial charge in [-0.1, -0.05) is 23.2 Å². The minimum absolute atomic E-state index is 0.0262. The molecule has 0 atom stereocenters. The topological polar surface area (TPSA) is 42.3 Å². The van der Waals surface area contributed by atoms with E-state index < -0.39 is 11.7 Å². The molecule has 4 nitrogen and oxygen atoms in total. The average molecular weight is 525 g/mol. The van der Waals surface area contributed by atoms with Crippen LogP contribution in [0.3, 0.4) is 0 Å². The summed E-state index contributed by atoms with van der Waals surface area (Å²) in [6, 6.07) is 5.49. The van der Waals surface area contributed by atoms with E-state index >= 15 is 0 Å². The number of aryl methyl sites for hydroxylation is 2. The summed E-state index contributed by atoms with van der Waals surface area (Å²) in [6.45, 7) is 6.11. The molecule has 1 aliphatic heterocycles. The van der Waals surface area contributed by atoms with Gasteiger partial charge < -0.3 is 9.47 Å². The minimum Gasteiger partial charge on any atom is -0.342 e. The van der Waals surface area contributed by atoms with Crippen molar-refractivity contribution < 1.29 is 22.8 Å². The second kappa shape index (κ2) is 9.51. The molecule has 0 bridgehead atoms. The fourth-order valence-corrected chi connectivity index (χ4v) is 5.43. The van der Waals surface area contributed by atoms with Gasteiger partial charge in [0.15, 0.2) is 0 Å². The van der Waals surface area contributed by atoms with Gasteiger partial charge in [0.2, 0.25) is 0 Å². The van der Waals surface area contributed by atoms with Gasteiger partial charge in [-0.2, -0.15) is 13.2 Å². The number of nitrogens with zero attached hydrogens (tertiary/aromatic N) is 2. The molecule has 2 aromatic carbocycles. The van der Waals surface area contributed by atoms with Crippen LogP contribution < -0.4 is 0 Å². The number of aromatic nitrogens is 1. The molecule has 9 heteroatoms. The number of piperidine rings is 1. The molecular weight excluding hydrogens is 500 g/mol. The van der Waals surface area contributed by atoms with E-state index in [2.05, 4.69) is 0 Å².